The van der Waals surface area contributed by atoms with E-state index in [1.165, 1.54) is 0 Å². The highest BCUT2D eigenvalue weighted by molar-refractivity contribution is 7.80. The minimum absolute atomic E-state index is 0.0184. The van der Waals surface area contributed by atoms with E-state index in [4.69, 9.17) is 22.7 Å². The number of thiocarbonyl (C=S) groups is 1. The summed E-state index contributed by atoms with van der Waals surface area (Å²) in [5, 5.41) is 2.84. The topological polar surface area (TPSA) is 64.3 Å². The van der Waals surface area contributed by atoms with E-state index in [9.17, 15) is 4.79 Å². The lowest BCUT2D eigenvalue weighted by atomic mass is 10.1. The van der Waals surface area contributed by atoms with Gasteiger partial charge in [-0.15, -0.1) is 0 Å². The highest BCUT2D eigenvalue weighted by Gasteiger charge is 2.14. The van der Waals surface area contributed by atoms with E-state index < -0.39 is 0 Å². The molecular formula is C11H22N2O2S. The Kier molecular flexibility index (Phi) is 8.11. The summed E-state index contributed by atoms with van der Waals surface area (Å²) < 4.78 is 5.07. The van der Waals surface area contributed by atoms with Crippen LogP contribution in [-0.2, 0) is 9.53 Å². The van der Waals surface area contributed by atoms with E-state index in [1.807, 2.05) is 13.8 Å². The van der Waals surface area contributed by atoms with Crippen LogP contribution < -0.4 is 11.1 Å². The molecule has 1 amide bonds. The quantitative estimate of drug-likeness (QED) is 0.635. The minimum atomic E-state index is -0.176. The summed E-state index contributed by atoms with van der Waals surface area (Å²) in [5.41, 5.74) is 5.55. The molecule has 0 fully saturated rings. The highest BCUT2D eigenvalue weighted by atomic mass is 32.1. The molecule has 3 N–H and O–H groups in total. The van der Waals surface area contributed by atoms with Crippen molar-refractivity contribution in [2.24, 2.45) is 5.73 Å². The molecule has 0 bridgehead atoms. The molecule has 0 heterocycles. The molecule has 2 atom stereocenters. The molecule has 0 rings (SSSR count). The predicted molar refractivity (Wildman–Crippen MR) is 69.3 cm³/mol. The molecule has 0 aromatic rings. The van der Waals surface area contributed by atoms with Gasteiger partial charge in [-0.2, -0.15) is 0 Å². The maximum Gasteiger partial charge on any atom is 0.220 e. The van der Waals surface area contributed by atoms with Crippen LogP contribution in [0.2, 0.25) is 0 Å². The van der Waals surface area contributed by atoms with Gasteiger partial charge in [-0.25, -0.2) is 0 Å². The molecule has 5 heteroatoms. The van der Waals surface area contributed by atoms with Crippen LogP contribution in [0.4, 0.5) is 0 Å². The number of carbonyl (C=O) groups excluding carboxylic acids is 1. The molecule has 0 aliphatic rings. The zero-order valence-electron chi connectivity index (χ0n) is 10.3. The molecule has 0 aliphatic heterocycles. The van der Waals surface area contributed by atoms with Gasteiger partial charge in [0.1, 0.15) is 0 Å². The number of rotatable bonds is 8. The van der Waals surface area contributed by atoms with Crippen molar-refractivity contribution >= 4 is 23.1 Å². The smallest absolute Gasteiger partial charge is 0.220 e. The van der Waals surface area contributed by atoms with Gasteiger partial charge in [0.2, 0.25) is 5.91 Å². The Balaban J connectivity index is 3.95. The zero-order chi connectivity index (χ0) is 12.6. The van der Waals surface area contributed by atoms with E-state index in [2.05, 4.69) is 5.32 Å². The second kappa shape index (κ2) is 8.47. The first-order valence-corrected chi connectivity index (χ1v) is 6.03. The summed E-state index contributed by atoms with van der Waals surface area (Å²) in [6.45, 7) is 3.97. The van der Waals surface area contributed by atoms with Crippen molar-refractivity contribution in [1.29, 1.82) is 0 Å². The maximum absolute atomic E-state index is 11.6. The summed E-state index contributed by atoms with van der Waals surface area (Å²) in [5.74, 6) is -0.0184. The molecule has 2 unspecified atom stereocenters. The SMILES string of the molecule is CCCC(NC(=O)CCC(C)OC)C(N)=S. The van der Waals surface area contributed by atoms with E-state index in [0.29, 0.717) is 17.8 Å². The van der Waals surface area contributed by atoms with Gasteiger partial charge in [0.15, 0.2) is 0 Å². The molecule has 16 heavy (non-hydrogen) atoms. The summed E-state index contributed by atoms with van der Waals surface area (Å²) in [7, 11) is 1.64. The van der Waals surface area contributed by atoms with Crippen molar-refractivity contribution in [2.75, 3.05) is 7.11 Å². The second-order valence-electron chi connectivity index (χ2n) is 3.90. The molecular weight excluding hydrogens is 224 g/mol. The van der Waals surface area contributed by atoms with Gasteiger partial charge < -0.3 is 15.8 Å². The molecule has 0 radical (unpaired) electrons. The number of nitrogens with one attached hydrogen (secondary N) is 1. The lowest BCUT2D eigenvalue weighted by molar-refractivity contribution is -0.122. The first kappa shape index (κ1) is 15.3. The first-order valence-electron chi connectivity index (χ1n) is 5.62. The van der Waals surface area contributed by atoms with Crippen LogP contribution in [0.3, 0.4) is 0 Å². The number of hydrogen-bond acceptors (Lipinski definition) is 3. The number of hydrogen-bond donors (Lipinski definition) is 2. The van der Waals surface area contributed by atoms with Gasteiger partial charge in [0.05, 0.1) is 17.1 Å². The normalized spacial score (nSPS) is 14.2. The summed E-state index contributed by atoms with van der Waals surface area (Å²) in [4.78, 5) is 11.9. The van der Waals surface area contributed by atoms with Crippen LogP contribution in [0, 0.1) is 0 Å². The fourth-order valence-corrected chi connectivity index (χ4v) is 1.47. The monoisotopic (exact) mass is 246 g/mol. The fraction of sp³-hybridized carbons (Fsp3) is 0.818. The van der Waals surface area contributed by atoms with E-state index in [-0.39, 0.29) is 18.1 Å². The van der Waals surface area contributed by atoms with Gasteiger partial charge in [0.25, 0.3) is 0 Å². The number of amides is 1. The Labute approximate surface area is 103 Å². The Morgan fingerprint density at radius 1 is 1.50 bits per heavy atom. The van der Waals surface area contributed by atoms with Crippen LogP contribution in [0.5, 0.6) is 0 Å². The Morgan fingerprint density at radius 3 is 2.56 bits per heavy atom. The second-order valence-corrected chi connectivity index (χ2v) is 4.37. The van der Waals surface area contributed by atoms with Crippen LogP contribution in [0.1, 0.15) is 39.5 Å². The molecule has 94 valence electrons. The lowest BCUT2D eigenvalue weighted by Crippen LogP contribution is -2.43. The number of carbonyl (C=O) groups is 1. The molecule has 0 aromatic heterocycles. The van der Waals surface area contributed by atoms with E-state index in [1.54, 1.807) is 7.11 Å². The van der Waals surface area contributed by atoms with Gasteiger partial charge in [-0.1, -0.05) is 25.6 Å². The molecule has 0 saturated heterocycles. The fourth-order valence-electron chi connectivity index (χ4n) is 1.29. The molecule has 0 saturated carbocycles. The minimum Gasteiger partial charge on any atom is -0.392 e. The third kappa shape index (κ3) is 6.74. The van der Waals surface area contributed by atoms with Gasteiger partial charge in [-0.3, -0.25) is 4.79 Å². The van der Waals surface area contributed by atoms with Crippen molar-refractivity contribution in [1.82, 2.24) is 5.32 Å². The molecule has 0 spiro atoms. The highest BCUT2D eigenvalue weighted by Crippen LogP contribution is 2.02. The van der Waals surface area contributed by atoms with Gasteiger partial charge in [0, 0.05) is 13.5 Å². The Hall–Kier alpha value is -0.680. The number of ether oxygens (including phenoxy) is 1. The largest absolute Gasteiger partial charge is 0.392 e. The van der Waals surface area contributed by atoms with E-state index in [0.717, 1.165) is 12.8 Å². The third-order valence-electron chi connectivity index (χ3n) is 2.44. The third-order valence-corrected chi connectivity index (χ3v) is 2.72. The number of methoxy groups -OCH3 is 1. The van der Waals surface area contributed by atoms with E-state index >= 15 is 0 Å². The molecule has 0 aliphatic carbocycles. The van der Waals surface area contributed by atoms with Crippen molar-refractivity contribution in [2.45, 2.75) is 51.7 Å². The maximum atomic E-state index is 11.6. The number of nitrogens with two attached hydrogens (primary N) is 1. The lowest BCUT2D eigenvalue weighted by Gasteiger charge is -2.17. The van der Waals surface area contributed by atoms with Crippen LogP contribution in [0.15, 0.2) is 0 Å². The average Bonchev–Trinajstić information content (AvgIpc) is 2.25. The summed E-state index contributed by atoms with van der Waals surface area (Å²) in [6, 6.07) is -0.176. The zero-order valence-corrected chi connectivity index (χ0v) is 11.1. The Bertz CT molecular complexity index is 234. The standard InChI is InChI=1S/C11H22N2O2S/c1-4-5-9(11(12)16)13-10(14)7-6-8(2)15-3/h8-9H,4-7H2,1-3H3,(H2,12,16)(H,13,14). The van der Waals surface area contributed by atoms with Crippen molar-refractivity contribution in [3.05, 3.63) is 0 Å². The van der Waals surface area contributed by atoms with Crippen LogP contribution in [0.25, 0.3) is 0 Å². The molecule has 0 aromatic carbocycles. The van der Waals surface area contributed by atoms with Crippen LogP contribution >= 0.6 is 12.2 Å². The Morgan fingerprint density at radius 2 is 2.12 bits per heavy atom. The van der Waals surface area contributed by atoms with Crippen molar-refractivity contribution < 1.29 is 9.53 Å². The van der Waals surface area contributed by atoms with Gasteiger partial charge in [-0.05, 0) is 19.8 Å². The van der Waals surface area contributed by atoms with Gasteiger partial charge >= 0.3 is 0 Å². The summed E-state index contributed by atoms with van der Waals surface area (Å²) in [6.07, 6.45) is 2.98. The predicted octanol–water partition coefficient (Wildman–Crippen LogP) is 1.37. The van der Waals surface area contributed by atoms with Crippen molar-refractivity contribution in [3.8, 4) is 0 Å². The first-order chi connectivity index (χ1) is 7.51. The molecule has 4 nitrogen and oxygen atoms in total. The summed E-state index contributed by atoms with van der Waals surface area (Å²) >= 11 is 4.90. The van der Waals surface area contributed by atoms with Crippen LogP contribution in [-0.4, -0.2) is 30.2 Å². The van der Waals surface area contributed by atoms with Crippen molar-refractivity contribution in [3.63, 3.8) is 0 Å². The average molecular weight is 246 g/mol.